The van der Waals surface area contributed by atoms with E-state index < -0.39 is 0 Å². The molecule has 3 atom stereocenters. The molecule has 4 nitrogen and oxygen atoms in total. The van der Waals surface area contributed by atoms with Gasteiger partial charge >= 0.3 is 5.97 Å². The van der Waals surface area contributed by atoms with E-state index in [2.05, 4.69) is 26.3 Å². The molecular formula is C18H38N2O2+2. The lowest BCUT2D eigenvalue weighted by Crippen LogP contribution is -3.06. The molecule has 0 saturated heterocycles. The van der Waals surface area contributed by atoms with Crippen LogP contribution in [-0.2, 0) is 9.53 Å². The first-order chi connectivity index (χ1) is 10.6. The Hall–Kier alpha value is -0.610. The molecule has 0 unspecified atom stereocenters. The Morgan fingerprint density at radius 1 is 1.23 bits per heavy atom. The minimum absolute atomic E-state index is 0.0256. The van der Waals surface area contributed by atoms with E-state index in [1.54, 1.807) is 0 Å². The normalized spacial score (nSPS) is 24.9. The van der Waals surface area contributed by atoms with Crippen molar-refractivity contribution in [1.29, 1.82) is 0 Å². The van der Waals surface area contributed by atoms with Crippen molar-refractivity contribution in [3.63, 3.8) is 0 Å². The van der Waals surface area contributed by atoms with Gasteiger partial charge in [0.05, 0.1) is 40.3 Å². The Morgan fingerprint density at radius 2 is 2.00 bits per heavy atom. The van der Waals surface area contributed by atoms with Crippen LogP contribution < -0.4 is 10.2 Å². The van der Waals surface area contributed by atoms with Gasteiger partial charge in [-0.25, -0.2) is 0 Å². The van der Waals surface area contributed by atoms with E-state index in [0.29, 0.717) is 18.3 Å². The highest BCUT2D eigenvalue weighted by atomic mass is 16.5. The van der Waals surface area contributed by atoms with Crippen LogP contribution in [0.15, 0.2) is 0 Å². The van der Waals surface area contributed by atoms with E-state index in [1.165, 1.54) is 70.0 Å². The van der Waals surface area contributed by atoms with Crippen LogP contribution in [0.2, 0.25) is 0 Å². The lowest BCUT2D eigenvalue weighted by atomic mass is 9.86. The van der Waals surface area contributed by atoms with E-state index >= 15 is 0 Å². The molecule has 3 N–H and O–H groups in total. The molecule has 0 amide bonds. The third-order valence-electron chi connectivity index (χ3n) is 5.17. The summed E-state index contributed by atoms with van der Waals surface area (Å²) in [4.78, 5) is 13.2. The van der Waals surface area contributed by atoms with Crippen LogP contribution in [0.3, 0.4) is 0 Å². The fraction of sp³-hybridized carbons (Fsp3) is 0.944. The van der Waals surface area contributed by atoms with Crippen LogP contribution in [0.1, 0.15) is 58.3 Å². The summed E-state index contributed by atoms with van der Waals surface area (Å²) in [7, 11) is 5.95. The van der Waals surface area contributed by atoms with E-state index in [4.69, 9.17) is 4.74 Å². The van der Waals surface area contributed by atoms with Gasteiger partial charge in [0, 0.05) is 18.8 Å². The molecule has 1 fully saturated rings. The Bertz CT molecular complexity index is 307. The number of ether oxygens (including phenoxy) is 1. The lowest BCUT2D eigenvalue weighted by Gasteiger charge is -2.23. The predicted octanol–water partition coefficient (Wildman–Crippen LogP) is 0.623. The van der Waals surface area contributed by atoms with Gasteiger partial charge in [-0.1, -0.05) is 26.2 Å². The Labute approximate surface area is 137 Å². The van der Waals surface area contributed by atoms with Crippen molar-refractivity contribution in [2.45, 2.75) is 64.3 Å². The number of nitrogens with two attached hydrogens (primary N) is 1. The summed E-state index contributed by atoms with van der Waals surface area (Å²) in [5.41, 5.74) is 0. The molecule has 0 radical (unpaired) electrons. The zero-order valence-corrected chi connectivity index (χ0v) is 15.2. The molecule has 0 aromatic rings. The van der Waals surface area contributed by atoms with Crippen molar-refractivity contribution < 1.29 is 19.7 Å². The van der Waals surface area contributed by atoms with Gasteiger partial charge in [0.25, 0.3) is 0 Å². The van der Waals surface area contributed by atoms with E-state index in [0.717, 1.165) is 6.04 Å². The van der Waals surface area contributed by atoms with Crippen LogP contribution in [-0.4, -0.2) is 46.3 Å². The van der Waals surface area contributed by atoms with Crippen molar-refractivity contribution in [1.82, 2.24) is 0 Å². The molecule has 130 valence electrons. The maximum absolute atomic E-state index is 11.7. The van der Waals surface area contributed by atoms with Gasteiger partial charge in [0.15, 0.2) is 0 Å². The highest BCUT2D eigenvalue weighted by Crippen LogP contribution is 2.36. The van der Waals surface area contributed by atoms with E-state index in [1.807, 2.05) is 0 Å². The zero-order chi connectivity index (χ0) is 16.4. The number of quaternary nitrogens is 2. The molecule has 0 bridgehead atoms. The monoisotopic (exact) mass is 314 g/mol. The maximum atomic E-state index is 11.7. The highest BCUT2D eigenvalue weighted by Gasteiger charge is 2.38. The first-order valence-corrected chi connectivity index (χ1v) is 9.27. The second-order valence-corrected chi connectivity index (χ2v) is 7.28. The van der Waals surface area contributed by atoms with Gasteiger partial charge in [-0.3, -0.25) is 4.79 Å². The maximum Gasteiger partial charge on any atom is 0.305 e. The summed E-state index contributed by atoms with van der Waals surface area (Å²) in [6.07, 6.45) is 9.56. The molecule has 0 aromatic heterocycles. The van der Waals surface area contributed by atoms with E-state index in [-0.39, 0.29) is 5.97 Å². The average Bonchev–Trinajstić information content (AvgIpc) is 2.86. The molecule has 1 aliphatic carbocycles. The second kappa shape index (κ2) is 11.0. The van der Waals surface area contributed by atoms with Crippen LogP contribution in [0.4, 0.5) is 0 Å². The van der Waals surface area contributed by atoms with Gasteiger partial charge in [-0.2, -0.15) is 0 Å². The summed E-state index contributed by atoms with van der Waals surface area (Å²) in [6, 6.07) is 0.726. The van der Waals surface area contributed by atoms with Crippen molar-refractivity contribution in [2.24, 2.45) is 11.8 Å². The number of unbranched alkanes of at least 4 members (excludes halogenated alkanes) is 2. The number of carbonyl (C=O) groups is 1. The van der Waals surface area contributed by atoms with Crippen molar-refractivity contribution in [3.8, 4) is 0 Å². The average molecular weight is 315 g/mol. The molecule has 1 saturated carbocycles. The van der Waals surface area contributed by atoms with Gasteiger partial charge < -0.3 is 15.0 Å². The number of hydrogen-bond donors (Lipinski definition) is 2. The first-order valence-electron chi connectivity index (χ1n) is 9.27. The number of hydrogen-bond acceptors (Lipinski definition) is 2. The molecule has 0 spiro atoms. The third-order valence-corrected chi connectivity index (χ3v) is 5.17. The standard InChI is InChI=1S/C18H36N2O2/c1-5-6-7-9-16-15(14-18(21)22-4)10-11-17(16)19-12-8-13-20(2)3/h15-17,19H,5-14H2,1-4H3/p+2/t15-,16+,17-/m0/s1. The largest absolute Gasteiger partial charge is 0.469 e. The highest BCUT2D eigenvalue weighted by molar-refractivity contribution is 5.69. The number of methoxy groups -OCH3 is 1. The van der Waals surface area contributed by atoms with Crippen LogP contribution >= 0.6 is 0 Å². The molecular weight excluding hydrogens is 276 g/mol. The number of nitrogens with one attached hydrogen (secondary N) is 1. The number of rotatable bonds is 11. The third kappa shape index (κ3) is 7.10. The summed E-state index contributed by atoms with van der Waals surface area (Å²) in [6.45, 7) is 4.73. The molecule has 1 rings (SSSR count). The molecule has 1 aliphatic rings. The Morgan fingerprint density at radius 3 is 2.64 bits per heavy atom. The Balaban J connectivity index is 2.44. The molecule has 0 heterocycles. The molecule has 4 heteroatoms. The zero-order valence-electron chi connectivity index (χ0n) is 15.2. The van der Waals surface area contributed by atoms with Crippen LogP contribution in [0, 0.1) is 11.8 Å². The summed E-state index contributed by atoms with van der Waals surface area (Å²) in [5, 5.41) is 2.57. The number of esters is 1. The van der Waals surface area contributed by atoms with E-state index in [9.17, 15) is 4.79 Å². The topological polar surface area (TPSA) is 47.3 Å². The smallest absolute Gasteiger partial charge is 0.305 e. The number of carbonyl (C=O) groups excluding carboxylic acids is 1. The van der Waals surface area contributed by atoms with Crippen molar-refractivity contribution >= 4 is 5.97 Å². The quantitative estimate of drug-likeness (QED) is 0.434. The predicted molar refractivity (Wildman–Crippen MR) is 89.9 cm³/mol. The van der Waals surface area contributed by atoms with Crippen molar-refractivity contribution in [2.75, 3.05) is 34.3 Å². The van der Waals surface area contributed by atoms with Crippen LogP contribution in [0.5, 0.6) is 0 Å². The molecule has 22 heavy (non-hydrogen) atoms. The summed E-state index contributed by atoms with van der Waals surface area (Å²) < 4.78 is 4.89. The summed E-state index contributed by atoms with van der Waals surface area (Å²) >= 11 is 0. The van der Waals surface area contributed by atoms with Gasteiger partial charge in [0.2, 0.25) is 0 Å². The molecule has 0 aliphatic heterocycles. The minimum atomic E-state index is -0.0256. The van der Waals surface area contributed by atoms with Gasteiger partial charge in [-0.05, 0) is 25.2 Å². The minimum Gasteiger partial charge on any atom is -0.469 e. The second-order valence-electron chi connectivity index (χ2n) is 7.28. The summed E-state index contributed by atoms with van der Waals surface area (Å²) in [5.74, 6) is 1.23. The van der Waals surface area contributed by atoms with Crippen molar-refractivity contribution in [3.05, 3.63) is 0 Å². The van der Waals surface area contributed by atoms with Gasteiger partial charge in [-0.15, -0.1) is 0 Å². The fourth-order valence-electron chi connectivity index (χ4n) is 3.90. The Kier molecular flexibility index (Phi) is 9.73. The molecule has 0 aromatic carbocycles. The lowest BCUT2D eigenvalue weighted by molar-refractivity contribution is -0.860. The first kappa shape index (κ1) is 19.4. The van der Waals surface area contributed by atoms with Crippen LogP contribution in [0.25, 0.3) is 0 Å². The van der Waals surface area contributed by atoms with Gasteiger partial charge in [0.1, 0.15) is 0 Å². The SMILES string of the molecule is CCCCC[C@@H]1[C@H](CC(=O)OC)CC[C@@H]1[NH2+]CCC[NH+](C)C. The fourth-order valence-corrected chi connectivity index (χ4v) is 3.90.